The minimum Gasteiger partial charge on any atom is -0.451 e. The number of Topliss-reactive ketones (excluding diaryl/α,β-unsaturated/α-hetero) is 1. The molecule has 0 aliphatic heterocycles. The summed E-state index contributed by atoms with van der Waals surface area (Å²) in [5, 5.41) is 2.76. The highest BCUT2D eigenvalue weighted by Crippen LogP contribution is 2.15. The molecule has 0 aromatic heterocycles. The average Bonchev–Trinajstić information content (AvgIpc) is 2.74. The molecular formula is C23H18BrNO4. The quantitative estimate of drug-likeness (QED) is 0.416. The van der Waals surface area contributed by atoms with Crippen molar-refractivity contribution in [3.63, 3.8) is 0 Å². The van der Waals surface area contributed by atoms with E-state index in [-0.39, 0.29) is 11.7 Å². The van der Waals surface area contributed by atoms with Crippen molar-refractivity contribution in [2.24, 2.45) is 0 Å². The van der Waals surface area contributed by atoms with Crippen molar-refractivity contribution >= 4 is 39.3 Å². The van der Waals surface area contributed by atoms with Gasteiger partial charge in [-0.25, -0.2) is 4.79 Å². The Morgan fingerprint density at radius 3 is 2.00 bits per heavy atom. The molecule has 0 saturated heterocycles. The monoisotopic (exact) mass is 451 g/mol. The molecule has 1 atom stereocenters. The van der Waals surface area contributed by atoms with Crippen molar-refractivity contribution in [1.82, 2.24) is 0 Å². The lowest BCUT2D eigenvalue weighted by atomic mass is 10.1. The molecule has 1 amide bonds. The predicted molar refractivity (Wildman–Crippen MR) is 114 cm³/mol. The van der Waals surface area contributed by atoms with E-state index in [1.807, 2.05) is 6.07 Å². The summed E-state index contributed by atoms with van der Waals surface area (Å²) in [4.78, 5) is 36.9. The molecule has 0 aliphatic carbocycles. The van der Waals surface area contributed by atoms with Gasteiger partial charge in [-0.3, -0.25) is 9.59 Å². The molecule has 0 heterocycles. The third-order valence-corrected chi connectivity index (χ3v) is 4.72. The summed E-state index contributed by atoms with van der Waals surface area (Å²) in [5.74, 6) is -1.13. The van der Waals surface area contributed by atoms with Crippen molar-refractivity contribution in [2.75, 3.05) is 5.32 Å². The van der Waals surface area contributed by atoms with Gasteiger partial charge in [0.05, 0.1) is 5.56 Å². The first-order valence-corrected chi connectivity index (χ1v) is 9.70. The second kappa shape index (κ2) is 9.30. The second-order valence-corrected chi connectivity index (χ2v) is 7.23. The smallest absolute Gasteiger partial charge is 0.338 e. The standard InChI is InChI=1S/C23H18BrNO4/c1-15(21(26)16-5-3-2-4-6-16)29-23(28)18-9-13-20(14-10-18)25-22(27)17-7-11-19(24)12-8-17/h2-15H,1H3,(H,25,27). The van der Waals surface area contributed by atoms with Gasteiger partial charge in [-0.05, 0) is 55.5 Å². The summed E-state index contributed by atoms with van der Waals surface area (Å²) < 4.78 is 6.16. The van der Waals surface area contributed by atoms with Crippen LogP contribution >= 0.6 is 15.9 Å². The van der Waals surface area contributed by atoms with Crippen LogP contribution in [-0.4, -0.2) is 23.8 Å². The molecule has 3 aromatic rings. The van der Waals surface area contributed by atoms with Crippen LogP contribution in [0.25, 0.3) is 0 Å². The summed E-state index contributed by atoms with van der Waals surface area (Å²) in [6, 6.07) is 21.9. The topological polar surface area (TPSA) is 72.5 Å². The third kappa shape index (κ3) is 5.39. The molecule has 0 aliphatic rings. The Balaban J connectivity index is 1.60. The number of carbonyl (C=O) groups is 3. The molecule has 0 radical (unpaired) electrons. The number of nitrogens with one attached hydrogen (secondary N) is 1. The summed E-state index contributed by atoms with van der Waals surface area (Å²) in [6.45, 7) is 1.54. The van der Waals surface area contributed by atoms with Gasteiger partial charge in [0, 0.05) is 21.3 Å². The number of ketones is 1. The van der Waals surface area contributed by atoms with Crippen LogP contribution in [0.3, 0.4) is 0 Å². The molecule has 146 valence electrons. The lowest BCUT2D eigenvalue weighted by Crippen LogP contribution is -2.24. The number of benzene rings is 3. The Morgan fingerprint density at radius 2 is 1.38 bits per heavy atom. The van der Waals surface area contributed by atoms with E-state index in [2.05, 4.69) is 21.2 Å². The number of amides is 1. The van der Waals surface area contributed by atoms with Gasteiger partial charge in [-0.1, -0.05) is 46.3 Å². The molecular weight excluding hydrogens is 434 g/mol. The van der Waals surface area contributed by atoms with Crippen molar-refractivity contribution in [3.05, 3.63) is 100 Å². The van der Waals surface area contributed by atoms with Gasteiger partial charge in [0.2, 0.25) is 5.78 Å². The fraction of sp³-hybridized carbons (Fsp3) is 0.0870. The second-order valence-electron chi connectivity index (χ2n) is 6.32. The zero-order valence-electron chi connectivity index (χ0n) is 15.6. The summed E-state index contributed by atoms with van der Waals surface area (Å²) in [5.41, 5.74) is 1.84. The Hall–Kier alpha value is -3.25. The Labute approximate surface area is 176 Å². The van der Waals surface area contributed by atoms with Crippen LogP contribution in [0.1, 0.15) is 38.0 Å². The number of carbonyl (C=O) groups excluding carboxylic acids is 3. The zero-order valence-corrected chi connectivity index (χ0v) is 17.2. The summed E-state index contributed by atoms with van der Waals surface area (Å²) in [6.07, 6.45) is -0.901. The van der Waals surface area contributed by atoms with Crippen molar-refractivity contribution < 1.29 is 19.1 Å². The van der Waals surface area contributed by atoms with Crippen LogP contribution in [0.4, 0.5) is 5.69 Å². The maximum absolute atomic E-state index is 12.3. The van der Waals surface area contributed by atoms with E-state index in [1.165, 1.54) is 0 Å². The number of hydrogen-bond acceptors (Lipinski definition) is 4. The normalized spacial score (nSPS) is 11.4. The first kappa shape index (κ1) is 20.5. The van der Waals surface area contributed by atoms with Gasteiger partial charge in [-0.15, -0.1) is 0 Å². The van der Waals surface area contributed by atoms with Crippen molar-refractivity contribution in [2.45, 2.75) is 13.0 Å². The Morgan fingerprint density at radius 1 is 0.793 bits per heavy atom. The van der Waals surface area contributed by atoms with Gasteiger partial charge in [-0.2, -0.15) is 0 Å². The highest BCUT2D eigenvalue weighted by atomic mass is 79.9. The fourth-order valence-corrected chi connectivity index (χ4v) is 2.88. The van der Waals surface area contributed by atoms with Crippen molar-refractivity contribution in [3.8, 4) is 0 Å². The fourth-order valence-electron chi connectivity index (χ4n) is 2.61. The first-order chi connectivity index (χ1) is 13.9. The number of ether oxygens (including phenoxy) is 1. The molecule has 0 spiro atoms. The van der Waals surface area contributed by atoms with Crippen LogP contribution in [0.5, 0.6) is 0 Å². The Bertz CT molecular complexity index is 1020. The highest BCUT2D eigenvalue weighted by molar-refractivity contribution is 9.10. The van der Waals surface area contributed by atoms with E-state index >= 15 is 0 Å². The van der Waals surface area contributed by atoms with Crippen LogP contribution in [-0.2, 0) is 4.74 Å². The van der Waals surface area contributed by atoms with E-state index in [0.717, 1.165) is 4.47 Å². The van der Waals surface area contributed by atoms with Crippen LogP contribution in [0, 0.1) is 0 Å². The summed E-state index contributed by atoms with van der Waals surface area (Å²) >= 11 is 3.33. The molecule has 5 nitrogen and oxygen atoms in total. The SMILES string of the molecule is CC(OC(=O)c1ccc(NC(=O)c2ccc(Br)cc2)cc1)C(=O)c1ccccc1. The van der Waals surface area contributed by atoms with Crippen LogP contribution in [0.2, 0.25) is 0 Å². The van der Waals surface area contributed by atoms with Crippen molar-refractivity contribution in [1.29, 1.82) is 0 Å². The van der Waals surface area contributed by atoms with Gasteiger partial charge in [0.15, 0.2) is 6.10 Å². The minimum absolute atomic E-state index is 0.255. The molecule has 3 aromatic carbocycles. The van der Waals surface area contributed by atoms with E-state index in [4.69, 9.17) is 4.74 Å². The lowest BCUT2D eigenvalue weighted by molar-refractivity contribution is 0.0319. The molecule has 0 bridgehead atoms. The van der Waals surface area contributed by atoms with E-state index in [9.17, 15) is 14.4 Å². The Kier molecular flexibility index (Phi) is 6.57. The highest BCUT2D eigenvalue weighted by Gasteiger charge is 2.20. The average molecular weight is 452 g/mol. The van der Waals surface area contributed by atoms with E-state index in [0.29, 0.717) is 22.4 Å². The molecule has 29 heavy (non-hydrogen) atoms. The third-order valence-electron chi connectivity index (χ3n) is 4.20. The predicted octanol–water partition coefficient (Wildman–Crippen LogP) is 5.13. The number of rotatable bonds is 6. The van der Waals surface area contributed by atoms with Gasteiger partial charge < -0.3 is 10.1 Å². The zero-order chi connectivity index (χ0) is 20.8. The molecule has 0 fully saturated rings. The van der Waals surface area contributed by atoms with Gasteiger partial charge in [0.25, 0.3) is 5.91 Å². The molecule has 0 saturated carbocycles. The van der Waals surface area contributed by atoms with Gasteiger partial charge in [0.1, 0.15) is 0 Å². The minimum atomic E-state index is -0.901. The number of esters is 1. The first-order valence-electron chi connectivity index (χ1n) is 8.91. The lowest BCUT2D eigenvalue weighted by Gasteiger charge is -2.13. The molecule has 3 rings (SSSR count). The number of anilines is 1. The molecule has 1 unspecified atom stereocenters. The summed E-state index contributed by atoms with van der Waals surface area (Å²) in [7, 11) is 0. The largest absolute Gasteiger partial charge is 0.451 e. The van der Waals surface area contributed by atoms with Gasteiger partial charge >= 0.3 is 5.97 Å². The maximum Gasteiger partial charge on any atom is 0.338 e. The van der Waals surface area contributed by atoms with E-state index in [1.54, 1.807) is 79.7 Å². The van der Waals surface area contributed by atoms with Crippen LogP contribution < -0.4 is 5.32 Å². The number of hydrogen-bond donors (Lipinski definition) is 1. The molecule has 1 N–H and O–H groups in total. The van der Waals surface area contributed by atoms with Crippen LogP contribution in [0.15, 0.2) is 83.3 Å². The maximum atomic E-state index is 12.3. The van der Waals surface area contributed by atoms with E-state index < -0.39 is 12.1 Å². The number of halogens is 1. The molecule has 6 heteroatoms.